The zero-order valence-electron chi connectivity index (χ0n) is 11.5. The van der Waals surface area contributed by atoms with Crippen molar-refractivity contribution in [1.82, 2.24) is 4.98 Å². The molecule has 2 N–H and O–H groups in total. The predicted octanol–water partition coefficient (Wildman–Crippen LogP) is 2.00. The smallest absolute Gasteiger partial charge is 0.475 e. The number of nitrogens with one attached hydrogen (secondary N) is 1. The van der Waals surface area contributed by atoms with Crippen molar-refractivity contribution in [3.05, 3.63) is 24.0 Å². The molecule has 1 heterocycles. The fourth-order valence-corrected chi connectivity index (χ4v) is 0.940. The molecule has 134 valence electrons. The van der Waals surface area contributed by atoms with Crippen molar-refractivity contribution in [2.45, 2.75) is 12.4 Å². The number of carbonyl (C=O) groups is 3. The van der Waals surface area contributed by atoms with E-state index in [2.05, 4.69) is 9.72 Å². The Labute approximate surface area is 129 Å². The van der Waals surface area contributed by atoms with E-state index in [1.807, 2.05) is 0 Å². The quantitative estimate of drug-likeness (QED) is 0.616. The van der Waals surface area contributed by atoms with Crippen molar-refractivity contribution in [2.75, 3.05) is 12.4 Å². The van der Waals surface area contributed by atoms with E-state index in [1.165, 1.54) is 0 Å². The molecule has 0 aromatic carbocycles. The number of nitrogens with zero attached hydrogens (tertiary/aromatic N) is 1. The van der Waals surface area contributed by atoms with Crippen LogP contribution in [0.25, 0.3) is 0 Å². The zero-order chi connectivity index (χ0) is 19.1. The first-order valence-corrected chi connectivity index (χ1v) is 5.50. The Morgan fingerprint density at radius 3 is 1.96 bits per heavy atom. The van der Waals surface area contributed by atoms with Crippen LogP contribution < -0.4 is 5.32 Å². The summed E-state index contributed by atoms with van der Waals surface area (Å²) < 4.78 is 71.9. The van der Waals surface area contributed by atoms with Crippen molar-refractivity contribution in [2.24, 2.45) is 0 Å². The number of pyridine rings is 1. The van der Waals surface area contributed by atoms with Gasteiger partial charge in [0.25, 0.3) is 0 Å². The molecule has 0 fully saturated rings. The second-order valence-electron chi connectivity index (χ2n) is 3.71. The van der Waals surface area contributed by atoms with Crippen LogP contribution in [0.1, 0.15) is 10.4 Å². The standard InChI is InChI=1S/C9H7F3N2O3.C2HF3O2/c1-17-7(15)5-2-6(4-13-3-5)14-8(16)9(10,11)12;3-2(4,5)1(6)7/h2-4H,1H3,(H,14,16);(H,6,7). The molecule has 24 heavy (non-hydrogen) atoms. The summed E-state index contributed by atoms with van der Waals surface area (Å²) in [5.41, 5.74) is -0.303. The molecular formula is C11H8F6N2O5. The van der Waals surface area contributed by atoms with Gasteiger partial charge < -0.3 is 15.2 Å². The fraction of sp³-hybridized carbons (Fsp3) is 0.273. The van der Waals surface area contributed by atoms with Crippen LogP contribution in [0.5, 0.6) is 0 Å². The van der Waals surface area contributed by atoms with Crippen LogP contribution in [0.2, 0.25) is 0 Å². The third-order valence-electron chi connectivity index (χ3n) is 1.92. The second-order valence-corrected chi connectivity index (χ2v) is 3.71. The van der Waals surface area contributed by atoms with Gasteiger partial charge in [-0.1, -0.05) is 0 Å². The van der Waals surface area contributed by atoms with E-state index in [-0.39, 0.29) is 11.3 Å². The van der Waals surface area contributed by atoms with Crippen LogP contribution >= 0.6 is 0 Å². The number of methoxy groups -OCH3 is 1. The lowest BCUT2D eigenvalue weighted by Crippen LogP contribution is -2.30. The number of carboxylic acids is 1. The minimum Gasteiger partial charge on any atom is -0.475 e. The Morgan fingerprint density at radius 2 is 1.58 bits per heavy atom. The van der Waals surface area contributed by atoms with Gasteiger partial charge in [0.2, 0.25) is 0 Å². The van der Waals surface area contributed by atoms with Gasteiger partial charge in [0.1, 0.15) is 0 Å². The molecule has 0 bridgehead atoms. The van der Waals surface area contributed by atoms with Crippen LogP contribution in [0.4, 0.5) is 32.0 Å². The van der Waals surface area contributed by atoms with Gasteiger partial charge in [-0.05, 0) is 6.07 Å². The van der Waals surface area contributed by atoms with E-state index in [1.54, 1.807) is 5.32 Å². The molecule has 0 aliphatic heterocycles. The van der Waals surface area contributed by atoms with Crippen molar-refractivity contribution < 1.29 is 50.6 Å². The topological polar surface area (TPSA) is 106 Å². The molecule has 0 radical (unpaired) electrons. The Balaban J connectivity index is 0.000000640. The molecule has 0 saturated heterocycles. The summed E-state index contributed by atoms with van der Waals surface area (Å²) in [4.78, 5) is 34.1. The molecule has 1 rings (SSSR count). The van der Waals surface area contributed by atoms with Crippen LogP contribution in [-0.2, 0) is 14.3 Å². The average Bonchev–Trinajstić information content (AvgIpc) is 2.45. The van der Waals surface area contributed by atoms with E-state index in [4.69, 9.17) is 9.90 Å². The number of carboxylic acid groups (broad SMARTS) is 1. The molecule has 1 amide bonds. The Morgan fingerprint density at radius 1 is 1.08 bits per heavy atom. The molecule has 7 nitrogen and oxygen atoms in total. The van der Waals surface area contributed by atoms with Gasteiger partial charge in [0.05, 0.1) is 24.6 Å². The summed E-state index contributed by atoms with van der Waals surface area (Å²) in [5.74, 6) is -5.66. The lowest BCUT2D eigenvalue weighted by molar-refractivity contribution is -0.192. The maximum atomic E-state index is 11.9. The average molecular weight is 362 g/mol. The highest BCUT2D eigenvalue weighted by Crippen LogP contribution is 2.18. The molecule has 0 atom stereocenters. The molecule has 0 saturated carbocycles. The first kappa shape index (κ1) is 21.1. The maximum Gasteiger partial charge on any atom is 0.490 e. The van der Waals surface area contributed by atoms with Crippen LogP contribution in [0, 0.1) is 0 Å². The van der Waals surface area contributed by atoms with Crippen LogP contribution in [0.3, 0.4) is 0 Å². The van der Waals surface area contributed by atoms with E-state index in [0.29, 0.717) is 0 Å². The second kappa shape index (κ2) is 8.12. The molecule has 0 aliphatic carbocycles. The number of aliphatic carboxylic acids is 1. The predicted molar refractivity (Wildman–Crippen MR) is 64.0 cm³/mol. The van der Waals surface area contributed by atoms with Gasteiger partial charge in [0.15, 0.2) is 0 Å². The van der Waals surface area contributed by atoms with E-state index >= 15 is 0 Å². The molecule has 0 unspecified atom stereocenters. The van der Waals surface area contributed by atoms with Crippen LogP contribution in [-0.4, -0.2) is 47.4 Å². The molecule has 0 aliphatic rings. The van der Waals surface area contributed by atoms with E-state index in [0.717, 1.165) is 25.6 Å². The van der Waals surface area contributed by atoms with Crippen molar-refractivity contribution in [3.63, 3.8) is 0 Å². The first-order valence-electron chi connectivity index (χ1n) is 5.50. The Hall–Kier alpha value is -2.86. The number of alkyl halides is 6. The van der Waals surface area contributed by atoms with Crippen LogP contribution in [0.15, 0.2) is 18.5 Å². The third kappa shape index (κ3) is 7.42. The number of rotatable bonds is 2. The summed E-state index contributed by atoms with van der Waals surface area (Å²) in [6.07, 6.45) is -7.99. The summed E-state index contributed by atoms with van der Waals surface area (Å²) in [7, 11) is 1.11. The highest BCUT2D eigenvalue weighted by molar-refractivity contribution is 5.96. The summed E-state index contributed by atoms with van der Waals surface area (Å²) in [6, 6.07) is 1.03. The highest BCUT2D eigenvalue weighted by Gasteiger charge is 2.39. The number of carbonyl (C=O) groups excluding carboxylic acids is 2. The van der Waals surface area contributed by atoms with Gasteiger partial charge in [-0.2, -0.15) is 26.3 Å². The number of amides is 1. The van der Waals surface area contributed by atoms with Gasteiger partial charge in [-0.15, -0.1) is 0 Å². The largest absolute Gasteiger partial charge is 0.490 e. The summed E-state index contributed by atoms with van der Waals surface area (Å²) in [5, 5.41) is 8.69. The number of hydrogen-bond acceptors (Lipinski definition) is 5. The molecule has 0 spiro atoms. The normalized spacial score (nSPS) is 11.0. The van der Waals surface area contributed by atoms with Gasteiger partial charge in [-0.25, -0.2) is 9.59 Å². The number of aromatic nitrogens is 1. The minimum absolute atomic E-state index is 0.0625. The Kier molecular flexibility index (Phi) is 7.15. The highest BCUT2D eigenvalue weighted by atomic mass is 19.4. The van der Waals surface area contributed by atoms with Gasteiger partial charge >= 0.3 is 30.2 Å². The van der Waals surface area contributed by atoms with E-state index in [9.17, 15) is 35.9 Å². The number of ether oxygens (including phenoxy) is 1. The number of halogens is 6. The number of hydrogen-bond donors (Lipinski definition) is 2. The SMILES string of the molecule is COC(=O)c1cncc(NC(=O)C(F)(F)F)c1.O=C(O)C(F)(F)F. The zero-order valence-corrected chi connectivity index (χ0v) is 11.5. The minimum atomic E-state index is -5.08. The third-order valence-corrected chi connectivity index (χ3v) is 1.92. The molecular weight excluding hydrogens is 354 g/mol. The first-order chi connectivity index (χ1) is 10.8. The molecule has 1 aromatic heterocycles. The fourth-order valence-electron chi connectivity index (χ4n) is 0.940. The van der Waals surface area contributed by atoms with E-state index < -0.39 is 30.2 Å². The van der Waals surface area contributed by atoms with Crippen molar-refractivity contribution >= 4 is 23.5 Å². The lowest BCUT2D eigenvalue weighted by atomic mass is 10.2. The van der Waals surface area contributed by atoms with Gasteiger partial charge in [0, 0.05) is 6.20 Å². The molecule has 1 aromatic rings. The van der Waals surface area contributed by atoms with Gasteiger partial charge in [-0.3, -0.25) is 9.78 Å². The lowest BCUT2D eigenvalue weighted by Gasteiger charge is -2.08. The number of anilines is 1. The van der Waals surface area contributed by atoms with Crippen molar-refractivity contribution in [3.8, 4) is 0 Å². The van der Waals surface area contributed by atoms with Crippen molar-refractivity contribution in [1.29, 1.82) is 0 Å². The maximum absolute atomic E-state index is 11.9. The monoisotopic (exact) mass is 362 g/mol. The Bertz CT molecular complexity index is 614. The summed E-state index contributed by atoms with van der Waals surface area (Å²) in [6.45, 7) is 0. The number of esters is 1. The summed E-state index contributed by atoms with van der Waals surface area (Å²) >= 11 is 0. The molecule has 13 heteroatoms.